The average Bonchev–Trinajstić information content (AvgIpc) is 2.77. The van der Waals surface area contributed by atoms with Crippen LogP contribution in [-0.4, -0.2) is 41.2 Å². The molecule has 0 amide bonds. The third kappa shape index (κ3) is 2.68. The van der Waals surface area contributed by atoms with Crippen LogP contribution < -0.4 is 10.7 Å². The molecule has 1 atom stereocenters. The summed E-state index contributed by atoms with van der Waals surface area (Å²) in [6.45, 7) is 4.13. The highest BCUT2D eigenvalue weighted by molar-refractivity contribution is 5.24. The Morgan fingerprint density at radius 3 is 3.12 bits per heavy atom. The van der Waals surface area contributed by atoms with Gasteiger partial charge in [0.05, 0.1) is 0 Å². The lowest BCUT2D eigenvalue weighted by atomic mass is 10.3. The fourth-order valence-corrected chi connectivity index (χ4v) is 1.89. The van der Waals surface area contributed by atoms with Crippen molar-refractivity contribution in [1.82, 2.24) is 20.3 Å². The van der Waals surface area contributed by atoms with E-state index >= 15 is 0 Å². The first-order valence-electron chi connectivity index (χ1n) is 5.82. The van der Waals surface area contributed by atoms with Gasteiger partial charge in [-0.1, -0.05) is 6.92 Å². The van der Waals surface area contributed by atoms with E-state index in [0.29, 0.717) is 12.0 Å². The molecule has 0 spiro atoms. The molecule has 1 fully saturated rings. The second-order valence-electron chi connectivity index (χ2n) is 4.06. The second kappa shape index (κ2) is 5.23. The molecule has 5 nitrogen and oxygen atoms in total. The first-order chi connectivity index (χ1) is 7.81. The number of nitrogens with one attached hydrogen (secondary N) is 2. The van der Waals surface area contributed by atoms with Crippen molar-refractivity contribution in [3.8, 4) is 0 Å². The van der Waals surface area contributed by atoms with Crippen LogP contribution in [0.25, 0.3) is 0 Å². The van der Waals surface area contributed by atoms with E-state index < -0.39 is 0 Å². The third-order valence-electron chi connectivity index (χ3n) is 2.93. The fraction of sp³-hybridized carbons (Fsp3) is 0.636. The smallest absolute Gasteiger partial charge is 0.237 e. The molecule has 2 heterocycles. The van der Waals surface area contributed by atoms with Gasteiger partial charge >= 0.3 is 0 Å². The molecule has 2 N–H and O–H groups in total. The lowest BCUT2D eigenvalue weighted by molar-refractivity contribution is 0.392. The fourth-order valence-electron chi connectivity index (χ4n) is 1.89. The van der Waals surface area contributed by atoms with Gasteiger partial charge in [0.15, 0.2) is 0 Å². The molecule has 0 aliphatic carbocycles. The average molecular weight is 221 g/mol. The number of aryl methyl sites for hydroxylation is 1. The highest BCUT2D eigenvalue weighted by Crippen LogP contribution is 2.10. The molecule has 1 aromatic heterocycles. The van der Waals surface area contributed by atoms with Gasteiger partial charge in [0.1, 0.15) is 0 Å². The molecule has 1 saturated heterocycles. The molecular formula is C11H19N5. The molecule has 5 heteroatoms. The van der Waals surface area contributed by atoms with Crippen LogP contribution in [0.4, 0.5) is 5.95 Å². The molecule has 1 aromatic rings. The first kappa shape index (κ1) is 11.3. The Morgan fingerprint density at radius 2 is 2.44 bits per heavy atom. The number of aromatic nitrogens is 2. The zero-order valence-corrected chi connectivity index (χ0v) is 9.90. The minimum Gasteiger partial charge on any atom is -0.316 e. The summed E-state index contributed by atoms with van der Waals surface area (Å²) in [6.07, 6.45) is 3.91. The van der Waals surface area contributed by atoms with Crippen molar-refractivity contribution in [2.75, 3.05) is 25.6 Å². The summed E-state index contributed by atoms with van der Waals surface area (Å²) in [6, 6.07) is 2.52. The predicted octanol–water partition coefficient (Wildman–Crippen LogP) is 0.660. The summed E-state index contributed by atoms with van der Waals surface area (Å²) >= 11 is 0. The van der Waals surface area contributed by atoms with E-state index in [1.165, 1.54) is 0 Å². The molecule has 0 aromatic carbocycles. The van der Waals surface area contributed by atoms with Crippen molar-refractivity contribution >= 4 is 5.95 Å². The van der Waals surface area contributed by atoms with Gasteiger partial charge in [0, 0.05) is 31.0 Å². The van der Waals surface area contributed by atoms with E-state index in [1.807, 2.05) is 13.1 Å². The zero-order valence-electron chi connectivity index (χ0n) is 9.90. The topological polar surface area (TPSA) is 53.1 Å². The molecule has 2 rings (SSSR count). The standard InChI is InChI=1S/C11H19N5/c1-3-9-4-6-13-11(14-9)15-16-7-5-10(8-16)12-2/h4,6,10,12H,3,5,7-8H2,1-2H3,(H,13,14,15). The van der Waals surface area contributed by atoms with E-state index in [-0.39, 0.29) is 0 Å². The summed E-state index contributed by atoms with van der Waals surface area (Å²) in [5.74, 6) is 0.705. The van der Waals surface area contributed by atoms with Gasteiger partial charge in [-0.2, -0.15) is 0 Å². The summed E-state index contributed by atoms with van der Waals surface area (Å²) < 4.78 is 0. The Hall–Kier alpha value is -1.20. The van der Waals surface area contributed by atoms with Gasteiger partial charge in [-0.25, -0.2) is 15.0 Å². The number of nitrogens with zero attached hydrogens (tertiary/aromatic N) is 3. The number of hydrogen-bond acceptors (Lipinski definition) is 5. The maximum Gasteiger partial charge on any atom is 0.237 e. The van der Waals surface area contributed by atoms with Crippen molar-refractivity contribution < 1.29 is 0 Å². The Kier molecular flexibility index (Phi) is 3.69. The second-order valence-corrected chi connectivity index (χ2v) is 4.06. The first-order valence-corrected chi connectivity index (χ1v) is 5.82. The summed E-state index contributed by atoms with van der Waals surface area (Å²) in [4.78, 5) is 8.64. The molecular weight excluding hydrogens is 202 g/mol. The van der Waals surface area contributed by atoms with E-state index in [0.717, 1.165) is 31.6 Å². The highest BCUT2D eigenvalue weighted by atomic mass is 15.5. The SMILES string of the molecule is CCc1ccnc(NN2CCC(NC)C2)n1. The number of rotatable bonds is 4. The minimum atomic E-state index is 0.571. The van der Waals surface area contributed by atoms with E-state index in [4.69, 9.17) is 0 Å². The molecule has 1 unspecified atom stereocenters. The van der Waals surface area contributed by atoms with Crippen LogP contribution in [0.3, 0.4) is 0 Å². The van der Waals surface area contributed by atoms with Gasteiger partial charge in [-0.3, -0.25) is 5.43 Å². The van der Waals surface area contributed by atoms with Crippen LogP contribution in [0.2, 0.25) is 0 Å². The number of anilines is 1. The molecule has 1 aliphatic rings. The largest absolute Gasteiger partial charge is 0.316 e. The van der Waals surface area contributed by atoms with Crippen LogP contribution in [-0.2, 0) is 6.42 Å². The predicted molar refractivity (Wildman–Crippen MR) is 64.1 cm³/mol. The molecule has 88 valence electrons. The van der Waals surface area contributed by atoms with Crippen molar-refractivity contribution in [3.05, 3.63) is 18.0 Å². The summed E-state index contributed by atoms with van der Waals surface area (Å²) in [5, 5.41) is 5.44. The van der Waals surface area contributed by atoms with Crippen LogP contribution in [0.1, 0.15) is 19.0 Å². The molecule has 1 aliphatic heterocycles. The summed E-state index contributed by atoms with van der Waals surface area (Å²) in [7, 11) is 2.00. The maximum absolute atomic E-state index is 4.42. The number of hydrazine groups is 1. The lowest BCUT2D eigenvalue weighted by Crippen LogP contribution is -2.33. The third-order valence-corrected chi connectivity index (χ3v) is 2.93. The highest BCUT2D eigenvalue weighted by Gasteiger charge is 2.21. The quantitative estimate of drug-likeness (QED) is 0.782. The van der Waals surface area contributed by atoms with Crippen LogP contribution >= 0.6 is 0 Å². The molecule has 0 radical (unpaired) electrons. The Labute approximate surface area is 96.2 Å². The van der Waals surface area contributed by atoms with E-state index in [1.54, 1.807) is 6.20 Å². The van der Waals surface area contributed by atoms with Crippen LogP contribution in [0.15, 0.2) is 12.3 Å². The van der Waals surface area contributed by atoms with Crippen molar-refractivity contribution in [2.24, 2.45) is 0 Å². The lowest BCUT2D eigenvalue weighted by Gasteiger charge is -2.17. The van der Waals surface area contributed by atoms with Crippen LogP contribution in [0, 0.1) is 0 Å². The molecule has 0 saturated carbocycles. The van der Waals surface area contributed by atoms with Crippen molar-refractivity contribution in [3.63, 3.8) is 0 Å². The Morgan fingerprint density at radius 1 is 1.56 bits per heavy atom. The maximum atomic E-state index is 4.42. The van der Waals surface area contributed by atoms with Gasteiger partial charge < -0.3 is 5.32 Å². The van der Waals surface area contributed by atoms with Crippen molar-refractivity contribution in [1.29, 1.82) is 0 Å². The van der Waals surface area contributed by atoms with E-state index in [2.05, 4.69) is 32.6 Å². The molecule has 16 heavy (non-hydrogen) atoms. The normalized spacial score (nSPS) is 21.2. The van der Waals surface area contributed by atoms with Crippen molar-refractivity contribution in [2.45, 2.75) is 25.8 Å². The van der Waals surface area contributed by atoms with Gasteiger partial charge in [-0.05, 0) is 26.0 Å². The van der Waals surface area contributed by atoms with Gasteiger partial charge in [0.25, 0.3) is 0 Å². The van der Waals surface area contributed by atoms with Gasteiger partial charge in [0.2, 0.25) is 5.95 Å². The molecule has 0 bridgehead atoms. The Balaban J connectivity index is 1.94. The number of hydrogen-bond donors (Lipinski definition) is 2. The monoisotopic (exact) mass is 221 g/mol. The van der Waals surface area contributed by atoms with Crippen LogP contribution in [0.5, 0.6) is 0 Å². The minimum absolute atomic E-state index is 0.571. The van der Waals surface area contributed by atoms with Gasteiger partial charge in [-0.15, -0.1) is 0 Å². The number of likely N-dealkylation sites (N-methyl/N-ethyl adjacent to an activating group) is 1. The Bertz CT molecular complexity index is 341. The summed E-state index contributed by atoms with van der Waals surface area (Å²) in [5.41, 5.74) is 4.32. The zero-order chi connectivity index (χ0) is 11.4. The van der Waals surface area contributed by atoms with E-state index in [9.17, 15) is 0 Å².